The zero-order valence-corrected chi connectivity index (χ0v) is 8.73. The molecule has 0 radical (unpaired) electrons. The molecule has 0 fully saturated rings. The third-order valence-corrected chi connectivity index (χ3v) is 1.90. The zero-order chi connectivity index (χ0) is 11.1. The fraction of sp³-hybridized carbons (Fsp3) is 0.364. The summed E-state index contributed by atoms with van der Waals surface area (Å²) in [6, 6.07) is 7.80. The summed E-state index contributed by atoms with van der Waals surface area (Å²) in [5, 5.41) is 0. The van der Waals surface area contributed by atoms with Gasteiger partial charge < -0.3 is 15.2 Å². The molecule has 0 aliphatic carbocycles. The number of hydrogen-bond donors (Lipinski definition) is 1. The van der Waals surface area contributed by atoms with Gasteiger partial charge in [0.1, 0.15) is 19.0 Å². The average molecular weight is 209 g/mol. The molecule has 0 heterocycles. The van der Waals surface area contributed by atoms with Gasteiger partial charge in [0.2, 0.25) is 0 Å². The van der Waals surface area contributed by atoms with E-state index in [1.165, 1.54) is 5.56 Å². The molecule has 82 valence electrons. The smallest absolute Gasteiger partial charge is 0.404 e. The van der Waals surface area contributed by atoms with Crippen molar-refractivity contribution in [3.05, 3.63) is 29.8 Å². The van der Waals surface area contributed by atoms with Crippen LogP contribution in [0.3, 0.4) is 0 Å². The lowest BCUT2D eigenvalue weighted by atomic mass is 10.2. The van der Waals surface area contributed by atoms with Gasteiger partial charge in [-0.2, -0.15) is 0 Å². The average Bonchev–Trinajstić information content (AvgIpc) is 2.24. The van der Waals surface area contributed by atoms with E-state index in [9.17, 15) is 4.79 Å². The molecular weight excluding hydrogens is 194 g/mol. The van der Waals surface area contributed by atoms with Crippen LogP contribution in [-0.2, 0) is 11.2 Å². The van der Waals surface area contributed by atoms with Crippen molar-refractivity contribution < 1.29 is 14.3 Å². The molecule has 0 saturated carbocycles. The molecular formula is C11H15NO3. The minimum atomic E-state index is -0.777. The van der Waals surface area contributed by atoms with E-state index < -0.39 is 6.09 Å². The molecule has 2 N–H and O–H groups in total. The molecule has 1 rings (SSSR count). The normalized spacial score (nSPS) is 9.67. The Balaban J connectivity index is 2.33. The van der Waals surface area contributed by atoms with E-state index in [1.54, 1.807) is 0 Å². The third kappa shape index (κ3) is 4.35. The van der Waals surface area contributed by atoms with Gasteiger partial charge in [0.05, 0.1) is 0 Å². The number of amides is 1. The molecule has 1 amide bonds. The lowest BCUT2D eigenvalue weighted by molar-refractivity contribution is 0.134. The molecule has 0 spiro atoms. The van der Waals surface area contributed by atoms with E-state index >= 15 is 0 Å². The van der Waals surface area contributed by atoms with Gasteiger partial charge in [0, 0.05) is 0 Å². The van der Waals surface area contributed by atoms with Crippen LogP contribution in [0.1, 0.15) is 12.5 Å². The molecule has 0 aliphatic rings. The maximum atomic E-state index is 10.3. The Labute approximate surface area is 89.0 Å². The highest BCUT2D eigenvalue weighted by Crippen LogP contribution is 2.13. The SMILES string of the molecule is CCc1cccc(OCCOC(N)=O)c1. The number of aryl methyl sites for hydroxylation is 1. The maximum Gasteiger partial charge on any atom is 0.404 e. The number of hydrogen-bond acceptors (Lipinski definition) is 3. The summed E-state index contributed by atoms with van der Waals surface area (Å²) >= 11 is 0. The lowest BCUT2D eigenvalue weighted by Crippen LogP contribution is -2.17. The number of primary amides is 1. The molecule has 1 aromatic rings. The predicted molar refractivity (Wildman–Crippen MR) is 56.9 cm³/mol. The van der Waals surface area contributed by atoms with Gasteiger partial charge in [-0.15, -0.1) is 0 Å². The van der Waals surface area contributed by atoms with Crippen LogP contribution < -0.4 is 10.5 Å². The Morgan fingerprint density at radius 1 is 1.40 bits per heavy atom. The monoisotopic (exact) mass is 209 g/mol. The highest BCUT2D eigenvalue weighted by Gasteiger charge is 1.97. The topological polar surface area (TPSA) is 61.6 Å². The van der Waals surface area contributed by atoms with Crippen LogP contribution in [-0.4, -0.2) is 19.3 Å². The van der Waals surface area contributed by atoms with Crippen molar-refractivity contribution in [3.8, 4) is 5.75 Å². The van der Waals surface area contributed by atoms with E-state index in [-0.39, 0.29) is 6.61 Å². The Morgan fingerprint density at radius 3 is 2.87 bits per heavy atom. The quantitative estimate of drug-likeness (QED) is 0.751. The van der Waals surface area contributed by atoms with Gasteiger partial charge in [0.25, 0.3) is 0 Å². The fourth-order valence-electron chi connectivity index (χ4n) is 1.16. The summed E-state index contributed by atoms with van der Waals surface area (Å²) in [4.78, 5) is 10.3. The van der Waals surface area contributed by atoms with Crippen LogP contribution >= 0.6 is 0 Å². The van der Waals surface area contributed by atoms with Crippen molar-refractivity contribution in [1.82, 2.24) is 0 Å². The van der Waals surface area contributed by atoms with Gasteiger partial charge in [-0.05, 0) is 24.1 Å². The zero-order valence-electron chi connectivity index (χ0n) is 8.73. The summed E-state index contributed by atoms with van der Waals surface area (Å²) in [6.07, 6.45) is 0.190. The second-order valence-corrected chi connectivity index (χ2v) is 3.02. The van der Waals surface area contributed by atoms with Crippen LogP contribution in [0, 0.1) is 0 Å². The molecule has 0 saturated heterocycles. The van der Waals surface area contributed by atoms with E-state index in [0.717, 1.165) is 12.2 Å². The molecule has 0 aliphatic heterocycles. The van der Waals surface area contributed by atoms with Gasteiger partial charge in [-0.3, -0.25) is 0 Å². The summed E-state index contributed by atoms with van der Waals surface area (Å²) < 4.78 is 9.90. The van der Waals surface area contributed by atoms with Crippen molar-refractivity contribution in [3.63, 3.8) is 0 Å². The molecule has 4 nitrogen and oxygen atoms in total. The van der Waals surface area contributed by atoms with Gasteiger partial charge >= 0.3 is 6.09 Å². The minimum Gasteiger partial charge on any atom is -0.490 e. The minimum absolute atomic E-state index is 0.172. The first-order valence-electron chi connectivity index (χ1n) is 4.86. The molecule has 0 atom stereocenters. The van der Waals surface area contributed by atoms with Crippen molar-refractivity contribution in [2.24, 2.45) is 5.73 Å². The maximum absolute atomic E-state index is 10.3. The highest BCUT2D eigenvalue weighted by molar-refractivity contribution is 5.64. The second kappa shape index (κ2) is 5.90. The second-order valence-electron chi connectivity index (χ2n) is 3.02. The summed E-state index contributed by atoms with van der Waals surface area (Å²) in [7, 11) is 0. The lowest BCUT2D eigenvalue weighted by Gasteiger charge is -2.06. The van der Waals surface area contributed by atoms with E-state index in [2.05, 4.69) is 11.7 Å². The number of carbonyl (C=O) groups excluding carboxylic acids is 1. The molecule has 4 heteroatoms. The molecule has 15 heavy (non-hydrogen) atoms. The van der Waals surface area contributed by atoms with Gasteiger partial charge in [0.15, 0.2) is 0 Å². The Kier molecular flexibility index (Phi) is 4.47. The van der Waals surface area contributed by atoms with Gasteiger partial charge in [-0.25, -0.2) is 4.79 Å². The summed E-state index contributed by atoms with van der Waals surface area (Å²) in [6.45, 7) is 2.57. The van der Waals surface area contributed by atoms with Crippen LogP contribution in [0.5, 0.6) is 5.75 Å². The molecule has 0 unspecified atom stereocenters. The third-order valence-electron chi connectivity index (χ3n) is 1.90. The number of nitrogens with two attached hydrogens (primary N) is 1. The Morgan fingerprint density at radius 2 is 2.20 bits per heavy atom. The van der Waals surface area contributed by atoms with E-state index in [4.69, 9.17) is 10.5 Å². The van der Waals surface area contributed by atoms with E-state index in [0.29, 0.717) is 6.61 Å². The molecule has 0 bridgehead atoms. The molecule has 0 aromatic heterocycles. The van der Waals surface area contributed by atoms with Crippen molar-refractivity contribution in [2.75, 3.05) is 13.2 Å². The summed E-state index contributed by atoms with van der Waals surface area (Å²) in [5.41, 5.74) is 6.01. The standard InChI is InChI=1S/C11H15NO3/c1-2-9-4-3-5-10(8-9)14-6-7-15-11(12)13/h3-5,8H,2,6-7H2,1H3,(H2,12,13). The van der Waals surface area contributed by atoms with Crippen molar-refractivity contribution >= 4 is 6.09 Å². The van der Waals surface area contributed by atoms with Gasteiger partial charge in [-0.1, -0.05) is 19.1 Å². The fourth-order valence-corrected chi connectivity index (χ4v) is 1.16. The Bertz CT molecular complexity index is 325. The largest absolute Gasteiger partial charge is 0.490 e. The van der Waals surface area contributed by atoms with Crippen LogP contribution in [0.15, 0.2) is 24.3 Å². The highest BCUT2D eigenvalue weighted by atomic mass is 16.6. The van der Waals surface area contributed by atoms with Crippen molar-refractivity contribution in [2.45, 2.75) is 13.3 Å². The first kappa shape index (κ1) is 11.4. The first-order chi connectivity index (χ1) is 7.22. The van der Waals surface area contributed by atoms with Crippen LogP contribution in [0.25, 0.3) is 0 Å². The number of rotatable bonds is 5. The number of benzene rings is 1. The number of carbonyl (C=O) groups is 1. The van der Waals surface area contributed by atoms with Crippen molar-refractivity contribution in [1.29, 1.82) is 0 Å². The molecule has 1 aromatic carbocycles. The predicted octanol–water partition coefficient (Wildman–Crippen LogP) is 1.72. The van der Waals surface area contributed by atoms with Crippen LogP contribution in [0.2, 0.25) is 0 Å². The van der Waals surface area contributed by atoms with Crippen LogP contribution in [0.4, 0.5) is 4.79 Å². The number of ether oxygens (including phenoxy) is 2. The summed E-state index contributed by atoms with van der Waals surface area (Å²) in [5.74, 6) is 0.780. The van der Waals surface area contributed by atoms with E-state index in [1.807, 2.05) is 24.3 Å². The Hall–Kier alpha value is -1.71. The first-order valence-corrected chi connectivity index (χ1v) is 4.86.